The van der Waals surface area contributed by atoms with Gasteiger partial charge in [0.15, 0.2) is 17.6 Å². The topological polar surface area (TPSA) is 89.8 Å². The van der Waals surface area contributed by atoms with E-state index in [2.05, 4.69) is 5.32 Å². The summed E-state index contributed by atoms with van der Waals surface area (Å²) in [4.78, 5) is 12.6. The predicted octanol–water partition coefficient (Wildman–Crippen LogP) is 4.77. The van der Waals surface area contributed by atoms with Gasteiger partial charge in [0.05, 0.1) is 25.9 Å². The van der Waals surface area contributed by atoms with E-state index in [0.717, 1.165) is 5.75 Å². The Balaban J connectivity index is 1.69. The highest BCUT2D eigenvalue weighted by atomic mass is 16.5. The number of carbonyl (C=O) groups excluding carboxylic acids is 1. The first kappa shape index (κ1) is 21.5. The van der Waals surface area contributed by atoms with Crippen LogP contribution in [-0.4, -0.2) is 26.2 Å². The van der Waals surface area contributed by atoms with E-state index < -0.39 is 6.10 Å². The summed E-state index contributed by atoms with van der Waals surface area (Å²) in [6.07, 6.45) is -0.749. The van der Waals surface area contributed by atoms with Crippen LogP contribution in [0.2, 0.25) is 0 Å². The zero-order valence-corrected chi connectivity index (χ0v) is 17.4. The van der Waals surface area contributed by atoms with Crippen molar-refractivity contribution in [2.75, 3.05) is 19.5 Å². The third-order valence-corrected chi connectivity index (χ3v) is 4.38. The summed E-state index contributed by atoms with van der Waals surface area (Å²) >= 11 is 0. The normalized spacial score (nSPS) is 11.0. The molecule has 1 amide bonds. The molecular weight excluding hydrogens is 396 g/mol. The van der Waals surface area contributed by atoms with Crippen LogP contribution >= 0.6 is 0 Å². The van der Waals surface area contributed by atoms with Crippen LogP contribution in [0.25, 0.3) is 0 Å². The SMILES string of the molecule is COc1ccc(Oc2cc(NC(=O)[C@@H](C)Oc3ccc(C#N)cc3)ccc2OC)cc1. The number of methoxy groups -OCH3 is 2. The minimum atomic E-state index is -0.749. The van der Waals surface area contributed by atoms with Gasteiger partial charge in [-0.15, -0.1) is 0 Å². The molecule has 0 unspecified atom stereocenters. The molecule has 3 aromatic carbocycles. The van der Waals surface area contributed by atoms with Crippen LogP contribution in [0.4, 0.5) is 5.69 Å². The Labute approximate surface area is 180 Å². The van der Waals surface area contributed by atoms with Crippen molar-refractivity contribution in [3.8, 4) is 34.8 Å². The van der Waals surface area contributed by atoms with Crippen LogP contribution in [0.5, 0.6) is 28.7 Å². The molecule has 0 bridgehead atoms. The van der Waals surface area contributed by atoms with Gasteiger partial charge in [-0.3, -0.25) is 4.79 Å². The van der Waals surface area contributed by atoms with Gasteiger partial charge in [-0.1, -0.05) is 0 Å². The van der Waals surface area contributed by atoms with Gasteiger partial charge in [0, 0.05) is 11.8 Å². The van der Waals surface area contributed by atoms with Crippen molar-refractivity contribution in [3.05, 3.63) is 72.3 Å². The minimum Gasteiger partial charge on any atom is -0.497 e. The first-order valence-corrected chi connectivity index (χ1v) is 9.50. The quantitative estimate of drug-likeness (QED) is 0.567. The lowest BCUT2D eigenvalue weighted by molar-refractivity contribution is -0.122. The number of nitrogens with zero attached hydrogens (tertiary/aromatic N) is 1. The van der Waals surface area contributed by atoms with Crippen LogP contribution in [-0.2, 0) is 4.79 Å². The molecule has 158 valence electrons. The zero-order chi connectivity index (χ0) is 22.2. The maximum absolute atomic E-state index is 12.6. The van der Waals surface area contributed by atoms with Crippen LogP contribution < -0.4 is 24.3 Å². The molecule has 0 radical (unpaired) electrons. The van der Waals surface area contributed by atoms with Crippen LogP contribution in [0.3, 0.4) is 0 Å². The Morgan fingerprint density at radius 1 is 0.871 bits per heavy atom. The van der Waals surface area contributed by atoms with Crippen LogP contribution in [0.1, 0.15) is 12.5 Å². The molecule has 0 saturated carbocycles. The molecule has 0 fully saturated rings. The van der Waals surface area contributed by atoms with E-state index in [-0.39, 0.29) is 5.91 Å². The summed E-state index contributed by atoms with van der Waals surface area (Å²) in [5.41, 5.74) is 1.05. The molecule has 0 aliphatic rings. The van der Waals surface area contributed by atoms with E-state index in [4.69, 9.17) is 24.2 Å². The summed E-state index contributed by atoms with van der Waals surface area (Å²) in [7, 11) is 3.14. The average Bonchev–Trinajstić information content (AvgIpc) is 2.80. The highest BCUT2D eigenvalue weighted by Gasteiger charge is 2.16. The molecule has 3 aromatic rings. The van der Waals surface area contributed by atoms with Gasteiger partial charge in [-0.25, -0.2) is 0 Å². The van der Waals surface area contributed by atoms with Gasteiger partial charge in [0.25, 0.3) is 5.91 Å². The third kappa shape index (κ3) is 5.67. The van der Waals surface area contributed by atoms with Crippen molar-refractivity contribution >= 4 is 11.6 Å². The first-order chi connectivity index (χ1) is 15.0. The number of amides is 1. The molecule has 0 aromatic heterocycles. The first-order valence-electron chi connectivity index (χ1n) is 9.50. The monoisotopic (exact) mass is 418 g/mol. The molecule has 1 N–H and O–H groups in total. The Bertz CT molecular complexity index is 1070. The minimum absolute atomic E-state index is 0.329. The molecule has 31 heavy (non-hydrogen) atoms. The highest BCUT2D eigenvalue weighted by molar-refractivity contribution is 5.94. The summed E-state index contributed by atoms with van der Waals surface area (Å²) in [6, 6.07) is 20.8. The number of carbonyl (C=O) groups is 1. The van der Waals surface area contributed by atoms with Gasteiger partial charge in [-0.2, -0.15) is 5.26 Å². The highest BCUT2D eigenvalue weighted by Crippen LogP contribution is 2.34. The number of hydrogen-bond acceptors (Lipinski definition) is 6. The molecule has 0 spiro atoms. The number of anilines is 1. The fourth-order valence-corrected chi connectivity index (χ4v) is 2.71. The van der Waals surface area contributed by atoms with E-state index in [1.165, 1.54) is 0 Å². The van der Waals surface area contributed by atoms with Crippen molar-refractivity contribution in [2.24, 2.45) is 0 Å². The molecule has 0 aliphatic heterocycles. The van der Waals surface area contributed by atoms with Gasteiger partial charge in [0.1, 0.15) is 17.2 Å². The van der Waals surface area contributed by atoms with Crippen LogP contribution in [0.15, 0.2) is 66.7 Å². The molecule has 7 heteroatoms. The molecule has 0 saturated heterocycles. The standard InChI is InChI=1S/C24H22N2O5/c1-16(30-20-7-4-17(15-25)5-8-20)24(27)26-18-6-13-22(29-3)23(14-18)31-21-11-9-19(28-2)10-12-21/h4-14,16H,1-3H3,(H,26,27)/t16-/m1/s1. The van der Waals surface area contributed by atoms with E-state index in [1.54, 1.807) is 87.9 Å². The van der Waals surface area contributed by atoms with Gasteiger partial charge < -0.3 is 24.3 Å². The van der Waals surface area contributed by atoms with Crippen molar-refractivity contribution < 1.29 is 23.7 Å². The number of rotatable bonds is 8. The summed E-state index contributed by atoms with van der Waals surface area (Å²) < 4.78 is 22.1. The maximum Gasteiger partial charge on any atom is 0.265 e. The Kier molecular flexibility index (Phi) is 6.97. The Morgan fingerprint density at radius 3 is 2.13 bits per heavy atom. The number of ether oxygens (including phenoxy) is 4. The fourth-order valence-electron chi connectivity index (χ4n) is 2.71. The number of nitriles is 1. The van der Waals surface area contributed by atoms with E-state index in [0.29, 0.717) is 34.2 Å². The third-order valence-electron chi connectivity index (χ3n) is 4.38. The van der Waals surface area contributed by atoms with E-state index in [1.807, 2.05) is 6.07 Å². The number of nitrogens with one attached hydrogen (secondary N) is 1. The number of benzene rings is 3. The Morgan fingerprint density at radius 2 is 1.52 bits per heavy atom. The van der Waals surface area contributed by atoms with Gasteiger partial charge in [-0.05, 0) is 67.6 Å². The molecule has 0 heterocycles. The molecule has 3 rings (SSSR count). The van der Waals surface area contributed by atoms with Gasteiger partial charge >= 0.3 is 0 Å². The second-order valence-electron chi connectivity index (χ2n) is 6.53. The predicted molar refractivity (Wildman–Crippen MR) is 116 cm³/mol. The molecular formula is C24H22N2O5. The summed E-state index contributed by atoms with van der Waals surface area (Å²) in [5, 5.41) is 11.7. The molecule has 7 nitrogen and oxygen atoms in total. The second-order valence-corrected chi connectivity index (χ2v) is 6.53. The largest absolute Gasteiger partial charge is 0.497 e. The van der Waals surface area contributed by atoms with Crippen molar-refractivity contribution in [2.45, 2.75) is 13.0 Å². The number of hydrogen-bond donors (Lipinski definition) is 1. The van der Waals surface area contributed by atoms with Crippen molar-refractivity contribution in [1.29, 1.82) is 5.26 Å². The van der Waals surface area contributed by atoms with E-state index in [9.17, 15) is 4.79 Å². The summed E-state index contributed by atoms with van der Waals surface area (Å²) in [6.45, 7) is 1.64. The second kappa shape index (κ2) is 10.0. The Hall–Kier alpha value is -4.18. The zero-order valence-electron chi connectivity index (χ0n) is 17.4. The lowest BCUT2D eigenvalue weighted by Gasteiger charge is -2.16. The average molecular weight is 418 g/mol. The molecule has 0 aliphatic carbocycles. The van der Waals surface area contributed by atoms with Crippen molar-refractivity contribution in [1.82, 2.24) is 0 Å². The summed E-state index contributed by atoms with van der Waals surface area (Å²) in [5.74, 6) is 2.46. The van der Waals surface area contributed by atoms with Crippen LogP contribution in [0, 0.1) is 11.3 Å². The van der Waals surface area contributed by atoms with E-state index >= 15 is 0 Å². The lowest BCUT2D eigenvalue weighted by atomic mass is 10.2. The van der Waals surface area contributed by atoms with Crippen molar-refractivity contribution in [3.63, 3.8) is 0 Å². The smallest absolute Gasteiger partial charge is 0.265 e. The lowest BCUT2D eigenvalue weighted by Crippen LogP contribution is -2.30. The van der Waals surface area contributed by atoms with Gasteiger partial charge in [0.2, 0.25) is 0 Å². The molecule has 1 atom stereocenters. The fraction of sp³-hybridized carbons (Fsp3) is 0.167. The maximum atomic E-state index is 12.6.